The number of morpholine rings is 1. The van der Waals surface area contributed by atoms with E-state index in [9.17, 15) is 23.1 Å². The summed E-state index contributed by atoms with van der Waals surface area (Å²) in [5, 5.41) is 12.0. The quantitative estimate of drug-likeness (QED) is 0.884. The van der Waals surface area contributed by atoms with Crippen molar-refractivity contribution < 1.29 is 27.8 Å². The Hall–Kier alpha value is -1.80. The number of ether oxygens (including phenoxy) is 1. The average Bonchev–Trinajstić information content (AvgIpc) is 2.46. The van der Waals surface area contributed by atoms with Gasteiger partial charge in [-0.05, 0) is 25.1 Å². The smallest absolute Gasteiger partial charge is 0.416 e. The van der Waals surface area contributed by atoms with Crippen LogP contribution in [0.25, 0.3) is 0 Å². The molecule has 8 heteroatoms. The highest BCUT2D eigenvalue weighted by molar-refractivity contribution is 5.95. The molecule has 1 unspecified atom stereocenters. The summed E-state index contributed by atoms with van der Waals surface area (Å²) in [6, 6.07) is 2.11. The Labute approximate surface area is 132 Å². The summed E-state index contributed by atoms with van der Waals surface area (Å²) in [4.78, 5) is 14.2. The molecule has 23 heavy (non-hydrogen) atoms. The van der Waals surface area contributed by atoms with Crippen LogP contribution in [0.1, 0.15) is 22.8 Å². The van der Waals surface area contributed by atoms with E-state index in [4.69, 9.17) is 4.74 Å². The number of phenols is 1. The first-order valence-corrected chi connectivity index (χ1v) is 7.28. The van der Waals surface area contributed by atoms with Crippen LogP contribution < -0.4 is 5.32 Å². The van der Waals surface area contributed by atoms with Crippen molar-refractivity contribution in [3.8, 4) is 5.75 Å². The van der Waals surface area contributed by atoms with Crippen LogP contribution in [0, 0.1) is 0 Å². The summed E-state index contributed by atoms with van der Waals surface area (Å²) in [5.41, 5.74) is -1.27. The van der Waals surface area contributed by atoms with Gasteiger partial charge >= 0.3 is 6.18 Å². The van der Waals surface area contributed by atoms with Crippen LogP contribution in [-0.2, 0) is 10.9 Å². The second-order valence-corrected chi connectivity index (χ2v) is 5.55. The van der Waals surface area contributed by atoms with E-state index in [-0.39, 0.29) is 11.6 Å². The summed E-state index contributed by atoms with van der Waals surface area (Å²) < 4.78 is 43.4. The number of alkyl halides is 3. The number of hydrogen-bond acceptors (Lipinski definition) is 4. The van der Waals surface area contributed by atoms with E-state index < -0.39 is 23.4 Å². The predicted octanol–water partition coefficient (Wildman–Crippen LogP) is 1.86. The first-order valence-electron chi connectivity index (χ1n) is 7.28. The monoisotopic (exact) mass is 332 g/mol. The Morgan fingerprint density at radius 3 is 2.61 bits per heavy atom. The normalized spacial score (nSPS) is 17.7. The van der Waals surface area contributed by atoms with Crippen molar-refractivity contribution in [3.63, 3.8) is 0 Å². The lowest BCUT2D eigenvalue weighted by molar-refractivity contribution is -0.137. The van der Waals surface area contributed by atoms with Crippen LogP contribution in [0.2, 0.25) is 0 Å². The molecule has 1 amide bonds. The molecule has 0 aromatic heterocycles. The van der Waals surface area contributed by atoms with Crippen LogP contribution in [0.3, 0.4) is 0 Å². The van der Waals surface area contributed by atoms with Crippen LogP contribution in [0.15, 0.2) is 18.2 Å². The van der Waals surface area contributed by atoms with Gasteiger partial charge in [-0.3, -0.25) is 9.69 Å². The zero-order valence-corrected chi connectivity index (χ0v) is 12.7. The number of rotatable bonds is 4. The number of aromatic hydroxyl groups is 1. The molecule has 0 spiro atoms. The van der Waals surface area contributed by atoms with Crippen LogP contribution in [-0.4, -0.2) is 54.8 Å². The van der Waals surface area contributed by atoms with E-state index in [1.807, 2.05) is 0 Å². The molecule has 2 rings (SSSR count). The van der Waals surface area contributed by atoms with Gasteiger partial charge in [0.2, 0.25) is 0 Å². The molecule has 1 heterocycles. The summed E-state index contributed by atoms with van der Waals surface area (Å²) in [6.45, 7) is 5.13. The Morgan fingerprint density at radius 2 is 2.00 bits per heavy atom. The van der Waals surface area contributed by atoms with Gasteiger partial charge in [0.25, 0.3) is 5.91 Å². The Kier molecular flexibility index (Phi) is 5.48. The average molecular weight is 332 g/mol. The molecule has 2 N–H and O–H groups in total. The number of carbonyl (C=O) groups is 1. The van der Waals surface area contributed by atoms with Crippen molar-refractivity contribution in [3.05, 3.63) is 29.3 Å². The third-order valence-electron chi connectivity index (χ3n) is 3.52. The number of nitrogens with zero attached hydrogens (tertiary/aromatic N) is 1. The molecule has 0 saturated carbocycles. The topological polar surface area (TPSA) is 61.8 Å². The minimum absolute atomic E-state index is 0.217. The van der Waals surface area contributed by atoms with Gasteiger partial charge in [-0.1, -0.05) is 0 Å². The maximum absolute atomic E-state index is 12.7. The fourth-order valence-corrected chi connectivity index (χ4v) is 2.43. The first kappa shape index (κ1) is 17.6. The summed E-state index contributed by atoms with van der Waals surface area (Å²) >= 11 is 0. The van der Waals surface area contributed by atoms with Crippen molar-refractivity contribution in [1.29, 1.82) is 0 Å². The molecule has 1 aliphatic rings. The molecule has 128 valence electrons. The van der Waals surface area contributed by atoms with Crippen molar-refractivity contribution in [2.75, 3.05) is 32.8 Å². The van der Waals surface area contributed by atoms with E-state index in [2.05, 4.69) is 10.2 Å². The van der Waals surface area contributed by atoms with Gasteiger partial charge in [0.05, 0.1) is 18.8 Å². The second-order valence-electron chi connectivity index (χ2n) is 5.55. The van der Waals surface area contributed by atoms with E-state index in [1.165, 1.54) is 0 Å². The lowest BCUT2D eigenvalue weighted by atomic mass is 10.1. The number of phenolic OH excluding ortho intramolecular Hbond substituents is 1. The Balaban J connectivity index is 2.00. The molecule has 1 saturated heterocycles. The molecule has 0 aliphatic carbocycles. The Bertz CT molecular complexity index is 557. The predicted molar refractivity (Wildman–Crippen MR) is 77.3 cm³/mol. The van der Waals surface area contributed by atoms with Crippen molar-refractivity contribution >= 4 is 5.91 Å². The molecule has 5 nitrogen and oxygen atoms in total. The van der Waals surface area contributed by atoms with Gasteiger partial charge in [-0.15, -0.1) is 0 Å². The number of carbonyl (C=O) groups excluding carboxylic acids is 1. The lowest BCUT2D eigenvalue weighted by Crippen LogP contribution is -2.46. The van der Waals surface area contributed by atoms with Crippen molar-refractivity contribution in [2.45, 2.75) is 19.1 Å². The van der Waals surface area contributed by atoms with Gasteiger partial charge < -0.3 is 15.2 Å². The minimum atomic E-state index is -4.62. The minimum Gasteiger partial charge on any atom is -0.508 e. The third-order valence-corrected chi connectivity index (χ3v) is 3.52. The molecule has 1 aromatic rings. The number of amides is 1. The fourth-order valence-electron chi connectivity index (χ4n) is 2.43. The zero-order valence-electron chi connectivity index (χ0n) is 12.7. The largest absolute Gasteiger partial charge is 0.508 e. The zero-order chi connectivity index (χ0) is 17.0. The fraction of sp³-hybridized carbons (Fsp3) is 0.533. The lowest BCUT2D eigenvalue weighted by Gasteiger charge is -2.29. The Morgan fingerprint density at radius 1 is 1.35 bits per heavy atom. The highest BCUT2D eigenvalue weighted by atomic mass is 19.4. The van der Waals surface area contributed by atoms with Gasteiger partial charge in [-0.2, -0.15) is 13.2 Å². The number of benzene rings is 1. The van der Waals surface area contributed by atoms with Crippen molar-refractivity contribution in [1.82, 2.24) is 10.2 Å². The van der Waals surface area contributed by atoms with Gasteiger partial charge in [0, 0.05) is 31.2 Å². The standard InChI is InChI=1S/C15H19F3N2O3/c1-10(9-20-2-4-23-5-3-20)19-14(22)11-6-12(15(16,17)18)8-13(21)7-11/h6-8,10,21H,2-5,9H2,1H3,(H,19,22). The molecule has 1 aliphatic heterocycles. The molecule has 1 aromatic carbocycles. The maximum atomic E-state index is 12.7. The van der Waals surface area contributed by atoms with E-state index >= 15 is 0 Å². The van der Waals surface area contributed by atoms with Crippen molar-refractivity contribution in [2.24, 2.45) is 0 Å². The molecule has 0 bridgehead atoms. The van der Waals surface area contributed by atoms with Gasteiger partial charge in [-0.25, -0.2) is 0 Å². The summed E-state index contributed by atoms with van der Waals surface area (Å²) in [5.74, 6) is -1.24. The van der Waals surface area contributed by atoms with Crippen LogP contribution >= 0.6 is 0 Å². The molecule has 1 fully saturated rings. The highest BCUT2D eigenvalue weighted by Crippen LogP contribution is 2.32. The summed E-state index contributed by atoms with van der Waals surface area (Å²) in [6.07, 6.45) is -4.62. The number of halogens is 3. The third kappa shape index (κ3) is 5.11. The number of nitrogens with one attached hydrogen (secondary N) is 1. The van der Waals surface area contributed by atoms with E-state index in [0.29, 0.717) is 25.8 Å². The molecule has 1 atom stereocenters. The van der Waals surface area contributed by atoms with Gasteiger partial charge in [0.15, 0.2) is 0 Å². The molecule has 0 radical (unpaired) electrons. The van der Waals surface area contributed by atoms with Crippen LogP contribution in [0.5, 0.6) is 5.75 Å². The van der Waals surface area contributed by atoms with E-state index in [1.54, 1.807) is 6.92 Å². The molecular formula is C15H19F3N2O3. The highest BCUT2D eigenvalue weighted by Gasteiger charge is 2.32. The number of hydrogen-bond donors (Lipinski definition) is 2. The van der Waals surface area contributed by atoms with Crippen LogP contribution in [0.4, 0.5) is 13.2 Å². The maximum Gasteiger partial charge on any atom is 0.416 e. The first-order chi connectivity index (χ1) is 10.8. The second kappa shape index (κ2) is 7.18. The SMILES string of the molecule is CC(CN1CCOCC1)NC(=O)c1cc(O)cc(C(F)(F)F)c1. The molecular weight excluding hydrogens is 313 g/mol. The summed E-state index contributed by atoms with van der Waals surface area (Å²) in [7, 11) is 0. The van der Waals surface area contributed by atoms with Gasteiger partial charge in [0.1, 0.15) is 5.75 Å². The van der Waals surface area contributed by atoms with E-state index in [0.717, 1.165) is 25.2 Å².